The van der Waals surface area contributed by atoms with Gasteiger partial charge in [0, 0.05) is 16.4 Å². The molecule has 0 amide bonds. The van der Waals surface area contributed by atoms with Gasteiger partial charge in [0.15, 0.2) is 6.23 Å². The number of aromatic nitrogens is 2. The molecule has 0 spiro atoms. The molecule has 1 unspecified atom stereocenters. The third kappa shape index (κ3) is 5.09. The molecule has 4 atom stereocenters. The fourth-order valence-electron chi connectivity index (χ4n) is 3.40. The summed E-state index contributed by atoms with van der Waals surface area (Å²) in [5.41, 5.74) is 1.80. The van der Waals surface area contributed by atoms with E-state index in [2.05, 4.69) is 5.10 Å². The Morgan fingerprint density at radius 2 is 1.50 bits per heavy atom. The van der Waals surface area contributed by atoms with Crippen molar-refractivity contribution >= 4 is 23.5 Å². The molecule has 168 valence electrons. The number of rotatable bonds is 8. The zero-order valence-electron chi connectivity index (χ0n) is 17.2. The molecule has 1 aliphatic rings. The van der Waals surface area contributed by atoms with Crippen molar-refractivity contribution < 1.29 is 20.1 Å². The van der Waals surface area contributed by atoms with E-state index in [1.165, 1.54) is 23.5 Å². The first kappa shape index (κ1) is 23.0. The largest absolute Gasteiger partial charge is 0.394 e. The van der Waals surface area contributed by atoms with Crippen LogP contribution in [0.1, 0.15) is 17.4 Å². The highest BCUT2D eigenvalue weighted by Crippen LogP contribution is 2.33. The Morgan fingerprint density at radius 3 is 2.06 bits per heavy atom. The van der Waals surface area contributed by atoms with Crippen LogP contribution in [0.2, 0.25) is 0 Å². The van der Waals surface area contributed by atoms with E-state index in [1.54, 1.807) is 6.20 Å². The van der Waals surface area contributed by atoms with Gasteiger partial charge in [-0.2, -0.15) is 9.78 Å². The second kappa shape index (κ2) is 10.7. The molecular formula is C23H24N2O5S2. The Morgan fingerprint density at radius 1 is 0.906 bits per heavy atom. The summed E-state index contributed by atoms with van der Waals surface area (Å²) in [6.45, 7) is -0.468. The third-order valence-corrected chi connectivity index (χ3v) is 7.54. The minimum Gasteiger partial charge on any atom is -0.394 e. The van der Waals surface area contributed by atoms with Crippen molar-refractivity contribution in [1.29, 1.82) is 0 Å². The van der Waals surface area contributed by atoms with Gasteiger partial charge in [-0.15, -0.1) is 23.5 Å². The molecule has 32 heavy (non-hydrogen) atoms. The van der Waals surface area contributed by atoms with E-state index in [0.29, 0.717) is 16.4 Å². The smallest absolute Gasteiger partial charge is 0.284 e. The molecule has 1 aliphatic heterocycles. The third-order valence-electron chi connectivity index (χ3n) is 5.15. The number of nitrogens with zero attached hydrogens (tertiary/aromatic N) is 2. The van der Waals surface area contributed by atoms with Crippen LogP contribution in [0.15, 0.2) is 81.4 Å². The van der Waals surface area contributed by atoms with Crippen LogP contribution < -0.4 is 5.56 Å². The predicted octanol–water partition coefficient (Wildman–Crippen LogP) is 2.44. The molecule has 3 aromatic rings. The lowest BCUT2D eigenvalue weighted by molar-refractivity contribution is -0.0616. The number of benzene rings is 2. The van der Waals surface area contributed by atoms with E-state index in [-0.39, 0.29) is 0 Å². The molecule has 0 aliphatic carbocycles. The second-order valence-electron chi connectivity index (χ2n) is 7.37. The maximum atomic E-state index is 13.4. The predicted molar refractivity (Wildman–Crippen MR) is 124 cm³/mol. The summed E-state index contributed by atoms with van der Waals surface area (Å²) in [5, 5.41) is 34.0. The average Bonchev–Trinajstić information content (AvgIpc) is 3.12. The van der Waals surface area contributed by atoms with Crippen LogP contribution >= 0.6 is 23.5 Å². The molecule has 4 rings (SSSR count). The Labute approximate surface area is 194 Å². The lowest BCUT2D eigenvalue weighted by Gasteiger charge is -2.18. The fraction of sp³-hybridized carbons (Fsp3) is 0.304. The number of aliphatic hydroxyl groups excluding tert-OH is 3. The Kier molecular flexibility index (Phi) is 7.67. The van der Waals surface area contributed by atoms with Crippen LogP contribution in [0.3, 0.4) is 0 Å². The van der Waals surface area contributed by atoms with Gasteiger partial charge >= 0.3 is 0 Å². The van der Waals surface area contributed by atoms with E-state index in [0.717, 1.165) is 20.7 Å². The summed E-state index contributed by atoms with van der Waals surface area (Å²) >= 11 is 2.92. The minimum atomic E-state index is -1.37. The van der Waals surface area contributed by atoms with Crippen LogP contribution in [-0.2, 0) is 16.2 Å². The van der Waals surface area contributed by atoms with Gasteiger partial charge < -0.3 is 20.1 Å². The molecule has 0 bridgehead atoms. The van der Waals surface area contributed by atoms with Crippen LogP contribution in [0.25, 0.3) is 0 Å². The van der Waals surface area contributed by atoms with E-state index < -0.39 is 36.7 Å². The SMILES string of the molecule is O=c1c(SCc2ccccc2)c(SCc2ccccc2)cnn1C1O[C@H](CO)[C@@H](O)[C@H]1O. The lowest BCUT2D eigenvalue weighted by atomic mass is 10.1. The van der Waals surface area contributed by atoms with Gasteiger partial charge in [0.05, 0.1) is 17.7 Å². The maximum absolute atomic E-state index is 13.4. The van der Waals surface area contributed by atoms with E-state index >= 15 is 0 Å². The zero-order valence-corrected chi connectivity index (χ0v) is 18.8. The zero-order chi connectivity index (χ0) is 22.5. The highest BCUT2D eigenvalue weighted by Gasteiger charge is 2.44. The number of hydrogen-bond acceptors (Lipinski definition) is 8. The van der Waals surface area contributed by atoms with Crippen molar-refractivity contribution in [2.24, 2.45) is 0 Å². The van der Waals surface area contributed by atoms with Gasteiger partial charge in [-0.3, -0.25) is 4.79 Å². The monoisotopic (exact) mass is 472 g/mol. The summed E-state index contributed by atoms with van der Waals surface area (Å²) in [5.74, 6) is 1.27. The first-order valence-corrected chi connectivity index (χ1v) is 12.1. The van der Waals surface area contributed by atoms with Crippen LogP contribution in [0.5, 0.6) is 0 Å². The van der Waals surface area contributed by atoms with Crippen molar-refractivity contribution in [3.63, 3.8) is 0 Å². The van der Waals surface area contributed by atoms with Crippen molar-refractivity contribution in [2.75, 3.05) is 6.61 Å². The summed E-state index contributed by atoms with van der Waals surface area (Å²) < 4.78 is 6.58. The number of thioether (sulfide) groups is 2. The number of hydrogen-bond donors (Lipinski definition) is 3. The van der Waals surface area contributed by atoms with Gasteiger partial charge in [-0.25, -0.2) is 0 Å². The van der Waals surface area contributed by atoms with Crippen LogP contribution in [0, 0.1) is 0 Å². The molecule has 7 nitrogen and oxygen atoms in total. The van der Waals surface area contributed by atoms with Gasteiger partial charge in [0.25, 0.3) is 5.56 Å². The van der Waals surface area contributed by atoms with Gasteiger partial charge in [0.1, 0.15) is 18.3 Å². The summed E-state index contributed by atoms with van der Waals surface area (Å²) in [6.07, 6.45) is -3.22. The molecule has 1 fully saturated rings. The Hall–Kier alpha value is -2.14. The summed E-state index contributed by atoms with van der Waals surface area (Å²) in [7, 11) is 0. The Bertz CT molecular complexity index is 1080. The molecular weight excluding hydrogens is 448 g/mol. The van der Waals surface area contributed by atoms with E-state index in [1.807, 2.05) is 60.7 Å². The van der Waals surface area contributed by atoms with Crippen molar-refractivity contribution in [3.05, 3.63) is 88.3 Å². The van der Waals surface area contributed by atoms with Crippen LogP contribution in [0.4, 0.5) is 0 Å². The maximum Gasteiger partial charge on any atom is 0.284 e. The number of aliphatic hydroxyl groups is 3. The first-order valence-electron chi connectivity index (χ1n) is 10.2. The van der Waals surface area contributed by atoms with Crippen molar-refractivity contribution in [2.45, 2.75) is 45.8 Å². The molecule has 0 saturated carbocycles. The number of ether oxygens (including phenoxy) is 1. The van der Waals surface area contributed by atoms with Crippen molar-refractivity contribution in [1.82, 2.24) is 9.78 Å². The topological polar surface area (TPSA) is 105 Å². The minimum absolute atomic E-state index is 0.404. The van der Waals surface area contributed by atoms with Gasteiger partial charge in [0.2, 0.25) is 0 Å². The average molecular weight is 473 g/mol. The molecule has 9 heteroatoms. The van der Waals surface area contributed by atoms with Crippen LogP contribution in [-0.4, -0.2) is 50.0 Å². The standard InChI is InChI=1S/C23H24N2O5S2/c26-12-17-19(27)20(28)23(30-17)25-22(29)21(32-14-16-9-5-2-6-10-16)18(11-24-25)31-13-15-7-3-1-4-8-15/h1-11,17,19-20,23,26-28H,12-14H2/t17-,19-,20-,23?/m1/s1. The molecule has 2 aromatic carbocycles. The normalized spacial score (nSPS) is 22.8. The van der Waals surface area contributed by atoms with Crippen molar-refractivity contribution in [3.8, 4) is 0 Å². The fourth-order valence-corrected chi connectivity index (χ4v) is 5.52. The molecule has 0 radical (unpaired) electrons. The summed E-state index contributed by atoms with van der Waals surface area (Å²) in [4.78, 5) is 14.6. The van der Waals surface area contributed by atoms with E-state index in [9.17, 15) is 20.1 Å². The Balaban J connectivity index is 1.63. The summed E-state index contributed by atoms with van der Waals surface area (Å²) in [6, 6.07) is 19.8. The molecule has 1 aromatic heterocycles. The highest BCUT2D eigenvalue weighted by atomic mass is 32.2. The molecule has 1 saturated heterocycles. The highest BCUT2D eigenvalue weighted by molar-refractivity contribution is 8.01. The van der Waals surface area contributed by atoms with Gasteiger partial charge in [-0.05, 0) is 11.1 Å². The van der Waals surface area contributed by atoms with E-state index in [4.69, 9.17) is 4.74 Å². The molecule has 2 heterocycles. The molecule has 3 N–H and O–H groups in total. The lowest BCUT2D eigenvalue weighted by Crippen LogP contribution is -2.37. The van der Waals surface area contributed by atoms with Gasteiger partial charge in [-0.1, -0.05) is 60.7 Å². The first-order chi connectivity index (χ1) is 15.6. The second-order valence-corrected chi connectivity index (χ2v) is 9.37. The quantitative estimate of drug-likeness (QED) is 0.430.